The van der Waals surface area contributed by atoms with Crippen molar-refractivity contribution in [2.24, 2.45) is 11.3 Å². The lowest BCUT2D eigenvalue weighted by Gasteiger charge is -2.58. The van der Waals surface area contributed by atoms with Crippen LogP contribution in [0.5, 0.6) is 0 Å². The molecule has 0 aromatic carbocycles. The van der Waals surface area contributed by atoms with Crippen molar-refractivity contribution < 1.29 is 23.5 Å². The van der Waals surface area contributed by atoms with E-state index in [9.17, 15) is 23.5 Å². The van der Waals surface area contributed by atoms with E-state index in [1.54, 1.807) is 4.90 Å². The lowest BCUT2D eigenvalue weighted by atomic mass is 9.54. The molecule has 27 heavy (non-hydrogen) atoms. The van der Waals surface area contributed by atoms with Crippen molar-refractivity contribution in [1.29, 1.82) is 0 Å². The van der Waals surface area contributed by atoms with E-state index in [0.717, 1.165) is 45.2 Å². The third kappa shape index (κ3) is 3.91. The molecule has 2 aliphatic heterocycles. The zero-order valence-corrected chi connectivity index (χ0v) is 16.2. The molecule has 3 unspecified atom stereocenters. The molecule has 1 saturated carbocycles. The van der Waals surface area contributed by atoms with E-state index >= 15 is 0 Å². The van der Waals surface area contributed by atoms with Crippen LogP contribution in [0.4, 0.5) is 13.6 Å². The molecule has 0 aromatic heterocycles. The summed E-state index contributed by atoms with van der Waals surface area (Å²) in [7, 11) is 0. The minimum atomic E-state index is -2.50. The van der Waals surface area contributed by atoms with Crippen LogP contribution in [-0.4, -0.2) is 83.0 Å². The molecule has 2 heterocycles. The number of likely N-dealkylation sites (tertiary alicyclic amines) is 2. The smallest absolute Gasteiger partial charge is 0.407 e. The largest absolute Gasteiger partial charge is 0.465 e. The quantitative estimate of drug-likeness (QED) is 0.788. The topological polar surface area (TPSA) is 64.1 Å². The number of hydrogen-bond donors (Lipinski definition) is 1. The first-order valence-corrected chi connectivity index (χ1v) is 10.0. The van der Waals surface area contributed by atoms with Crippen molar-refractivity contribution in [3.63, 3.8) is 0 Å². The van der Waals surface area contributed by atoms with Gasteiger partial charge < -0.3 is 14.9 Å². The summed E-state index contributed by atoms with van der Waals surface area (Å²) >= 11 is 0. The SMILES string of the molecule is CCC1C(N2CCC(N(CC(F)F)C(C)=O)CC2)CC12CCN(C(=O)O)C2. The Kier molecular flexibility index (Phi) is 5.93. The van der Waals surface area contributed by atoms with Gasteiger partial charge in [-0.1, -0.05) is 13.3 Å². The number of piperidine rings is 1. The molecule has 0 aromatic rings. The average molecular weight is 387 g/mol. The monoisotopic (exact) mass is 387 g/mol. The zero-order valence-electron chi connectivity index (χ0n) is 16.2. The van der Waals surface area contributed by atoms with Gasteiger partial charge in [-0.15, -0.1) is 0 Å². The molecule has 3 fully saturated rings. The molecular formula is C19H31F2N3O3. The van der Waals surface area contributed by atoms with Crippen molar-refractivity contribution in [3.8, 4) is 0 Å². The molecule has 0 radical (unpaired) electrons. The highest BCUT2D eigenvalue weighted by atomic mass is 19.3. The minimum Gasteiger partial charge on any atom is -0.465 e. The van der Waals surface area contributed by atoms with Gasteiger partial charge in [0.25, 0.3) is 6.43 Å². The van der Waals surface area contributed by atoms with Gasteiger partial charge in [-0.2, -0.15) is 0 Å². The maximum absolute atomic E-state index is 12.8. The average Bonchev–Trinajstić information content (AvgIpc) is 3.06. The Morgan fingerprint density at radius 3 is 2.41 bits per heavy atom. The Balaban J connectivity index is 1.56. The van der Waals surface area contributed by atoms with Crippen LogP contribution in [-0.2, 0) is 4.79 Å². The standard InChI is InChI=1S/C19H31F2N3O3/c1-3-15-16(10-19(15)6-9-23(12-19)18(26)27)22-7-4-14(5-8-22)24(13(2)25)11-17(20)21/h14-17H,3-12H2,1-2H3,(H,26,27). The first-order valence-electron chi connectivity index (χ1n) is 10.0. The third-order valence-electron chi connectivity index (χ3n) is 7.11. The Morgan fingerprint density at radius 1 is 1.26 bits per heavy atom. The van der Waals surface area contributed by atoms with Gasteiger partial charge in [-0.25, -0.2) is 13.6 Å². The maximum Gasteiger partial charge on any atom is 0.407 e. The normalized spacial score (nSPS) is 32.1. The van der Waals surface area contributed by atoms with Crippen LogP contribution in [0.1, 0.15) is 46.0 Å². The summed E-state index contributed by atoms with van der Waals surface area (Å²) in [6.45, 7) is 5.97. The lowest BCUT2D eigenvalue weighted by Crippen LogP contribution is -2.62. The summed E-state index contributed by atoms with van der Waals surface area (Å²) in [6.07, 6.45) is 1.13. The van der Waals surface area contributed by atoms with E-state index in [0.29, 0.717) is 25.0 Å². The van der Waals surface area contributed by atoms with Crippen LogP contribution in [0.25, 0.3) is 0 Å². The summed E-state index contributed by atoms with van der Waals surface area (Å²) in [4.78, 5) is 28.3. The molecule has 0 bridgehead atoms. The summed E-state index contributed by atoms with van der Waals surface area (Å²) in [5.41, 5.74) is 0.121. The molecule has 3 atom stereocenters. The van der Waals surface area contributed by atoms with Crippen LogP contribution in [0.2, 0.25) is 0 Å². The van der Waals surface area contributed by atoms with Gasteiger partial charge in [-0.3, -0.25) is 9.69 Å². The van der Waals surface area contributed by atoms with Crippen LogP contribution in [0, 0.1) is 11.3 Å². The molecule has 3 rings (SSSR count). The van der Waals surface area contributed by atoms with Gasteiger partial charge in [0, 0.05) is 45.2 Å². The highest BCUT2D eigenvalue weighted by Gasteiger charge is 2.58. The minimum absolute atomic E-state index is 0.101. The predicted octanol–water partition coefficient (Wildman–Crippen LogP) is 2.73. The van der Waals surface area contributed by atoms with E-state index in [1.807, 2.05) is 0 Å². The van der Waals surface area contributed by atoms with E-state index in [2.05, 4.69) is 11.8 Å². The Bertz CT molecular complexity index is 568. The Morgan fingerprint density at radius 2 is 1.93 bits per heavy atom. The van der Waals surface area contributed by atoms with Gasteiger partial charge in [0.1, 0.15) is 0 Å². The fourth-order valence-electron chi connectivity index (χ4n) is 5.79. The van der Waals surface area contributed by atoms with Gasteiger partial charge in [0.2, 0.25) is 5.91 Å². The summed E-state index contributed by atoms with van der Waals surface area (Å²) < 4.78 is 25.5. The first-order chi connectivity index (χ1) is 12.8. The maximum atomic E-state index is 12.8. The molecule has 1 spiro atoms. The van der Waals surface area contributed by atoms with Crippen molar-refractivity contribution in [2.75, 3.05) is 32.7 Å². The van der Waals surface area contributed by atoms with Crippen molar-refractivity contribution in [3.05, 3.63) is 0 Å². The molecule has 1 N–H and O–H groups in total. The van der Waals surface area contributed by atoms with Gasteiger partial charge in [0.05, 0.1) is 6.54 Å². The first kappa shape index (κ1) is 20.3. The van der Waals surface area contributed by atoms with Crippen LogP contribution in [0.15, 0.2) is 0 Å². The fraction of sp³-hybridized carbons (Fsp3) is 0.895. The van der Waals surface area contributed by atoms with Crippen LogP contribution < -0.4 is 0 Å². The van der Waals surface area contributed by atoms with Crippen molar-refractivity contribution in [1.82, 2.24) is 14.7 Å². The van der Waals surface area contributed by atoms with Crippen LogP contribution >= 0.6 is 0 Å². The second-order valence-corrected chi connectivity index (χ2v) is 8.43. The van der Waals surface area contributed by atoms with Crippen molar-refractivity contribution >= 4 is 12.0 Å². The summed E-state index contributed by atoms with van der Waals surface area (Å²) in [5.74, 6) is 0.214. The fourth-order valence-corrected chi connectivity index (χ4v) is 5.79. The van der Waals surface area contributed by atoms with Crippen molar-refractivity contribution in [2.45, 2.75) is 64.5 Å². The number of carbonyl (C=O) groups is 2. The molecule has 1 aliphatic carbocycles. The number of rotatable bonds is 5. The Hall–Kier alpha value is -1.44. The highest BCUT2D eigenvalue weighted by Crippen LogP contribution is 2.56. The number of hydrogen-bond acceptors (Lipinski definition) is 3. The number of alkyl halides is 2. The summed E-state index contributed by atoms with van der Waals surface area (Å²) in [5, 5.41) is 9.26. The van der Waals surface area contributed by atoms with Gasteiger partial charge in [0.15, 0.2) is 0 Å². The molecular weight excluding hydrogens is 356 g/mol. The number of carbonyl (C=O) groups excluding carboxylic acids is 1. The molecule has 2 saturated heterocycles. The second kappa shape index (κ2) is 7.89. The zero-order chi connectivity index (χ0) is 19.8. The molecule has 8 heteroatoms. The van der Waals surface area contributed by atoms with Gasteiger partial charge >= 0.3 is 6.09 Å². The van der Waals surface area contributed by atoms with Crippen LogP contribution in [0.3, 0.4) is 0 Å². The molecule has 3 aliphatic rings. The molecule has 6 nitrogen and oxygen atoms in total. The predicted molar refractivity (Wildman–Crippen MR) is 96.8 cm³/mol. The summed E-state index contributed by atoms with van der Waals surface area (Å²) in [6, 6.07) is 0.349. The second-order valence-electron chi connectivity index (χ2n) is 8.43. The number of nitrogens with zero attached hydrogens (tertiary/aromatic N) is 3. The number of halogens is 2. The highest BCUT2D eigenvalue weighted by molar-refractivity contribution is 5.73. The molecule has 154 valence electrons. The Labute approximate surface area is 159 Å². The third-order valence-corrected chi connectivity index (χ3v) is 7.11. The van der Waals surface area contributed by atoms with E-state index in [4.69, 9.17) is 0 Å². The number of carboxylic acid groups (broad SMARTS) is 1. The molecule has 2 amide bonds. The van der Waals surface area contributed by atoms with E-state index < -0.39 is 19.1 Å². The van der Waals surface area contributed by atoms with Gasteiger partial charge in [-0.05, 0) is 37.0 Å². The van der Waals surface area contributed by atoms with E-state index in [1.165, 1.54) is 11.8 Å². The lowest BCUT2D eigenvalue weighted by molar-refractivity contribution is -0.136. The number of amides is 2. The van der Waals surface area contributed by atoms with E-state index in [-0.39, 0.29) is 17.4 Å².